The van der Waals surface area contributed by atoms with Gasteiger partial charge in [-0.05, 0) is 29.3 Å². The largest absolute Gasteiger partial charge is 0.493 e. The smallest absolute Gasteiger partial charge is 0.244 e. The summed E-state index contributed by atoms with van der Waals surface area (Å²) in [6.07, 6.45) is 1.86. The lowest BCUT2D eigenvalue weighted by atomic mass is 10.1. The van der Waals surface area contributed by atoms with Crippen molar-refractivity contribution in [3.05, 3.63) is 59.7 Å². The summed E-state index contributed by atoms with van der Waals surface area (Å²) in [6.45, 7) is 0. The van der Waals surface area contributed by atoms with Crippen LogP contribution >= 0.6 is 0 Å². The van der Waals surface area contributed by atoms with E-state index in [4.69, 9.17) is 9.47 Å². The molecule has 114 valence electrons. The van der Waals surface area contributed by atoms with Crippen molar-refractivity contribution in [2.24, 2.45) is 5.10 Å². The second-order valence-corrected chi connectivity index (χ2v) is 4.57. The van der Waals surface area contributed by atoms with Crippen molar-refractivity contribution in [2.45, 2.75) is 6.42 Å². The van der Waals surface area contributed by atoms with Gasteiger partial charge in [0.2, 0.25) is 5.91 Å². The minimum atomic E-state index is -0.164. The van der Waals surface area contributed by atoms with Gasteiger partial charge >= 0.3 is 0 Å². The number of hydrazone groups is 1. The molecule has 0 radical (unpaired) electrons. The van der Waals surface area contributed by atoms with Gasteiger partial charge in [-0.2, -0.15) is 5.10 Å². The van der Waals surface area contributed by atoms with Crippen LogP contribution in [-0.2, 0) is 11.2 Å². The molecule has 0 unspecified atom stereocenters. The van der Waals surface area contributed by atoms with Crippen LogP contribution in [0.1, 0.15) is 11.1 Å². The highest BCUT2D eigenvalue weighted by Crippen LogP contribution is 2.26. The van der Waals surface area contributed by atoms with Gasteiger partial charge in [-0.25, -0.2) is 5.43 Å². The molecule has 1 amide bonds. The summed E-state index contributed by atoms with van der Waals surface area (Å²) >= 11 is 0. The first kappa shape index (κ1) is 15.6. The highest BCUT2D eigenvalue weighted by molar-refractivity contribution is 5.84. The normalized spacial score (nSPS) is 10.5. The Hall–Kier alpha value is -2.82. The number of rotatable bonds is 6. The summed E-state index contributed by atoms with van der Waals surface area (Å²) in [5.74, 6) is 1.10. The number of amides is 1. The number of carbonyl (C=O) groups is 1. The third-order valence-electron chi connectivity index (χ3n) is 3.02. The van der Waals surface area contributed by atoms with E-state index >= 15 is 0 Å². The molecule has 22 heavy (non-hydrogen) atoms. The second-order valence-electron chi connectivity index (χ2n) is 4.57. The predicted octanol–water partition coefficient (Wildman–Crippen LogP) is 2.40. The van der Waals surface area contributed by atoms with Gasteiger partial charge in [-0.1, -0.05) is 30.3 Å². The fourth-order valence-corrected chi connectivity index (χ4v) is 1.93. The van der Waals surface area contributed by atoms with E-state index < -0.39 is 0 Å². The summed E-state index contributed by atoms with van der Waals surface area (Å²) in [4.78, 5) is 11.8. The monoisotopic (exact) mass is 298 g/mol. The van der Waals surface area contributed by atoms with E-state index in [1.807, 2.05) is 36.4 Å². The molecular weight excluding hydrogens is 280 g/mol. The van der Waals surface area contributed by atoms with E-state index in [1.54, 1.807) is 32.6 Å². The number of hydrogen-bond donors (Lipinski definition) is 1. The molecule has 5 nitrogen and oxygen atoms in total. The van der Waals surface area contributed by atoms with Crippen LogP contribution in [0.4, 0.5) is 0 Å². The maximum atomic E-state index is 11.8. The fourth-order valence-electron chi connectivity index (χ4n) is 1.93. The maximum absolute atomic E-state index is 11.8. The lowest BCUT2D eigenvalue weighted by Gasteiger charge is -2.07. The van der Waals surface area contributed by atoms with E-state index in [9.17, 15) is 4.79 Å². The molecule has 5 heteroatoms. The van der Waals surface area contributed by atoms with E-state index in [0.29, 0.717) is 17.9 Å². The molecule has 0 aliphatic heterocycles. The molecule has 2 aromatic rings. The third-order valence-corrected chi connectivity index (χ3v) is 3.02. The molecule has 2 aromatic carbocycles. The molecule has 0 aliphatic carbocycles. The van der Waals surface area contributed by atoms with Crippen LogP contribution < -0.4 is 14.9 Å². The van der Waals surface area contributed by atoms with Gasteiger partial charge in [0, 0.05) is 0 Å². The van der Waals surface area contributed by atoms with Crippen molar-refractivity contribution in [1.29, 1.82) is 0 Å². The molecule has 0 bridgehead atoms. The minimum Gasteiger partial charge on any atom is -0.493 e. The third kappa shape index (κ3) is 4.34. The van der Waals surface area contributed by atoms with E-state index in [-0.39, 0.29) is 5.91 Å². The SMILES string of the molecule is COc1ccc(/C=N/NC(=O)Cc2ccccc2)cc1OC. The maximum Gasteiger partial charge on any atom is 0.244 e. The van der Waals surface area contributed by atoms with Gasteiger partial charge in [-0.3, -0.25) is 4.79 Å². The van der Waals surface area contributed by atoms with Gasteiger partial charge in [-0.15, -0.1) is 0 Å². The zero-order valence-corrected chi connectivity index (χ0v) is 12.6. The van der Waals surface area contributed by atoms with Crippen LogP contribution in [0.15, 0.2) is 53.6 Å². The fraction of sp³-hybridized carbons (Fsp3) is 0.176. The number of methoxy groups -OCH3 is 2. The molecule has 0 heterocycles. The summed E-state index contributed by atoms with van der Waals surface area (Å²) in [7, 11) is 3.15. The van der Waals surface area contributed by atoms with Crippen LogP contribution in [0.25, 0.3) is 0 Å². The van der Waals surface area contributed by atoms with Crippen LogP contribution in [0, 0.1) is 0 Å². The topological polar surface area (TPSA) is 59.9 Å². The van der Waals surface area contributed by atoms with Crippen molar-refractivity contribution in [3.8, 4) is 11.5 Å². The highest BCUT2D eigenvalue weighted by atomic mass is 16.5. The molecule has 0 aromatic heterocycles. The van der Waals surface area contributed by atoms with E-state index in [0.717, 1.165) is 11.1 Å². The van der Waals surface area contributed by atoms with Gasteiger partial charge in [0.1, 0.15) is 0 Å². The van der Waals surface area contributed by atoms with Gasteiger partial charge in [0.15, 0.2) is 11.5 Å². The second kappa shape index (κ2) is 7.83. The standard InChI is InChI=1S/C17H18N2O3/c1-21-15-9-8-14(10-16(15)22-2)12-18-19-17(20)11-13-6-4-3-5-7-13/h3-10,12H,11H2,1-2H3,(H,19,20)/b18-12+. The van der Waals surface area contributed by atoms with Crippen LogP contribution in [-0.4, -0.2) is 26.3 Å². The van der Waals surface area contributed by atoms with Crippen molar-refractivity contribution in [1.82, 2.24) is 5.43 Å². The Kier molecular flexibility index (Phi) is 5.54. The molecule has 0 aliphatic rings. The number of nitrogens with zero attached hydrogens (tertiary/aromatic N) is 1. The number of benzene rings is 2. The zero-order valence-electron chi connectivity index (χ0n) is 12.6. The molecule has 0 fully saturated rings. The van der Waals surface area contributed by atoms with Crippen LogP contribution in [0.2, 0.25) is 0 Å². The van der Waals surface area contributed by atoms with Crippen molar-refractivity contribution in [2.75, 3.05) is 14.2 Å². The quantitative estimate of drug-likeness (QED) is 0.658. The minimum absolute atomic E-state index is 0.164. The highest BCUT2D eigenvalue weighted by Gasteiger charge is 2.04. The molecule has 0 atom stereocenters. The number of nitrogens with one attached hydrogen (secondary N) is 1. The first-order chi connectivity index (χ1) is 10.7. The Labute approximate surface area is 129 Å². The van der Waals surface area contributed by atoms with Gasteiger partial charge in [0.25, 0.3) is 0 Å². The molecule has 1 N–H and O–H groups in total. The Morgan fingerprint density at radius 1 is 1.09 bits per heavy atom. The molecule has 0 saturated heterocycles. The number of ether oxygens (including phenoxy) is 2. The lowest BCUT2D eigenvalue weighted by Crippen LogP contribution is -2.19. The molecule has 2 rings (SSSR count). The van der Waals surface area contributed by atoms with Crippen LogP contribution in [0.3, 0.4) is 0 Å². The van der Waals surface area contributed by atoms with E-state index in [1.165, 1.54) is 0 Å². The Bertz CT molecular complexity index is 654. The molecule has 0 spiro atoms. The molecular formula is C17H18N2O3. The van der Waals surface area contributed by atoms with Gasteiger partial charge in [0.05, 0.1) is 26.9 Å². The van der Waals surface area contributed by atoms with Crippen LogP contribution in [0.5, 0.6) is 11.5 Å². The average Bonchev–Trinajstić information content (AvgIpc) is 2.55. The predicted molar refractivity (Wildman–Crippen MR) is 85.4 cm³/mol. The van der Waals surface area contributed by atoms with Gasteiger partial charge < -0.3 is 9.47 Å². The van der Waals surface area contributed by atoms with Crippen molar-refractivity contribution >= 4 is 12.1 Å². The zero-order chi connectivity index (χ0) is 15.8. The Morgan fingerprint density at radius 3 is 2.50 bits per heavy atom. The number of carbonyl (C=O) groups excluding carboxylic acids is 1. The number of hydrogen-bond acceptors (Lipinski definition) is 4. The molecule has 0 saturated carbocycles. The summed E-state index contributed by atoms with van der Waals surface area (Å²) in [6, 6.07) is 14.9. The summed E-state index contributed by atoms with van der Waals surface area (Å²) in [5.41, 5.74) is 4.25. The lowest BCUT2D eigenvalue weighted by molar-refractivity contribution is -0.120. The van der Waals surface area contributed by atoms with E-state index in [2.05, 4.69) is 10.5 Å². The van der Waals surface area contributed by atoms with Crippen molar-refractivity contribution < 1.29 is 14.3 Å². The summed E-state index contributed by atoms with van der Waals surface area (Å²) in [5, 5.41) is 3.95. The Morgan fingerprint density at radius 2 is 1.82 bits per heavy atom. The first-order valence-electron chi connectivity index (χ1n) is 6.81. The first-order valence-corrected chi connectivity index (χ1v) is 6.81. The summed E-state index contributed by atoms with van der Waals surface area (Å²) < 4.78 is 10.4. The Balaban J connectivity index is 1.93. The average molecular weight is 298 g/mol. The van der Waals surface area contributed by atoms with Crippen molar-refractivity contribution in [3.63, 3.8) is 0 Å².